The molecule has 3 amide bonds. The van der Waals surface area contributed by atoms with Gasteiger partial charge in [-0.05, 0) is 130 Å². The summed E-state index contributed by atoms with van der Waals surface area (Å²) in [5.74, 6) is -0.362. The lowest BCUT2D eigenvalue weighted by Crippen LogP contribution is -2.50. The second kappa shape index (κ2) is 19.3. The van der Waals surface area contributed by atoms with Gasteiger partial charge in [0.05, 0.1) is 11.7 Å². The van der Waals surface area contributed by atoms with Crippen LogP contribution in [0.2, 0.25) is 0 Å². The zero-order valence-electron chi connectivity index (χ0n) is 30.3. The maximum absolute atomic E-state index is 14.0. The molecule has 1 aliphatic carbocycles. The number of aromatic nitrogens is 5. The average molecular weight is 731 g/mol. The van der Waals surface area contributed by atoms with Crippen LogP contribution < -0.4 is 21.7 Å². The topological polar surface area (TPSA) is 189 Å². The van der Waals surface area contributed by atoms with Gasteiger partial charge in [-0.25, -0.2) is 4.90 Å². The van der Waals surface area contributed by atoms with Gasteiger partial charge in [0, 0.05) is 29.8 Å². The molecule has 1 saturated carbocycles. The Labute approximate surface area is 311 Å². The molecule has 0 bridgehead atoms. The van der Waals surface area contributed by atoms with Crippen molar-refractivity contribution in [2.24, 2.45) is 23.3 Å². The van der Waals surface area contributed by atoms with Crippen molar-refractivity contribution in [1.82, 2.24) is 35.8 Å². The van der Waals surface area contributed by atoms with Crippen LogP contribution in [-0.4, -0.2) is 87.0 Å². The molecule has 0 unspecified atom stereocenters. The number of nitrogens with two attached hydrogens (primary N) is 2. The molecule has 278 valence electrons. The van der Waals surface area contributed by atoms with Crippen LogP contribution in [0.4, 0.5) is 5.69 Å². The number of imide groups is 1. The first-order chi connectivity index (χ1) is 24.7. The van der Waals surface area contributed by atoms with Crippen LogP contribution in [0.5, 0.6) is 0 Å². The molecule has 0 aliphatic heterocycles. The molecule has 4 aromatic rings. The first kappa shape index (κ1) is 40.2. The van der Waals surface area contributed by atoms with E-state index in [-0.39, 0.29) is 36.6 Å². The SMILES string of the molecule is CCN(CC)CCCNC(=O)c1cc(C)c(-c2ccc(C[C@H](N)C(=O)N(C(=O)C3CCC(CN)CC3)c3ccc(-c4nn[nH]n4)cc3)cc2)cn1.Cl. The first-order valence-corrected chi connectivity index (χ1v) is 18.0. The number of benzene rings is 2. The Morgan fingerprint density at radius 1 is 0.981 bits per heavy atom. The number of nitrogens with one attached hydrogen (secondary N) is 2. The molecular formula is C38H51ClN10O3. The average Bonchev–Trinajstić information content (AvgIpc) is 3.71. The molecule has 2 heterocycles. The molecule has 52 heavy (non-hydrogen) atoms. The predicted octanol–water partition coefficient (Wildman–Crippen LogP) is 4.32. The molecule has 2 aromatic carbocycles. The fourth-order valence-electron chi connectivity index (χ4n) is 6.68. The van der Waals surface area contributed by atoms with Gasteiger partial charge in [0.1, 0.15) is 5.69 Å². The van der Waals surface area contributed by atoms with Crippen molar-refractivity contribution < 1.29 is 14.4 Å². The van der Waals surface area contributed by atoms with Crippen molar-refractivity contribution in [3.8, 4) is 22.5 Å². The summed E-state index contributed by atoms with van der Waals surface area (Å²) < 4.78 is 0. The number of halogens is 1. The van der Waals surface area contributed by atoms with Crippen LogP contribution >= 0.6 is 12.4 Å². The fraction of sp³-hybridized carbons (Fsp3) is 0.447. The highest BCUT2D eigenvalue weighted by atomic mass is 35.5. The number of pyridine rings is 1. The van der Waals surface area contributed by atoms with Crippen molar-refractivity contribution >= 4 is 35.8 Å². The minimum Gasteiger partial charge on any atom is -0.351 e. The van der Waals surface area contributed by atoms with E-state index < -0.39 is 11.9 Å². The monoisotopic (exact) mass is 730 g/mol. The summed E-state index contributed by atoms with van der Waals surface area (Å²) in [5, 5.41) is 17.0. The molecule has 1 aliphatic rings. The largest absolute Gasteiger partial charge is 0.351 e. The van der Waals surface area contributed by atoms with Gasteiger partial charge in [0.25, 0.3) is 11.8 Å². The molecule has 13 nitrogen and oxygen atoms in total. The Morgan fingerprint density at radius 2 is 1.65 bits per heavy atom. The number of tetrazole rings is 1. The van der Waals surface area contributed by atoms with Gasteiger partial charge >= 0.3 is 0 Å². The second-order valence-electron chi connectivity index (χ2n) is 13.3. The summed E-state index contributed by atoms with van der Waals surface area (Å²) in [7, 11) is 0. The van der Waals surface area contributed by atoms with E-state index in [0.29, 0.717) is 54.6 Å². The first-order valence-electron chi connectivity index (χ1n) is 18.0. The molecule has 1 atom stereocenters. The van der Waals surface area contributed by atoms with Gasteiger partial charge in [0.15, 0.2) is 0 Å². The zero-order chi connectivity index (χ0) is 36.3. The van der Waals surface area contributed by atoms with E-state index in [0.717, 1.165) is 61.2 Å². The lowest BCUT2D eigenvalue weighted by molar-refractivity contribution is -0.130. The van der Waals surface area contributed by atoms with E-state index in [4.69, 9.17) is 11.5 Å². The van der Waals surface area contributed by atoms with E-state index in [1.165, 1.54) is 4.90 Å². The fourth-order valence-corrected chi connectivity index (χ4v) is 6.68. The number of nitrogens with zero attached hydrogens (tertiary/aromatic N) is 6. The molecule has 0 radical (unpaired) electrons. The second-order valence-corrected chi connectivity index (χ2v) is 13.3. The molecule has 0 spiro atoms. The molecule has 6 N–H and O–H groups in total. The Balaban J connectivity index is 0.00000605. The highest BCUT2D eigenvalue weighted by Crippen LogP contribution is 2.32. The molecule has 5 rings (SSSR count). The van der Waals surface area contributed by atoms with Gasteiger partial charge in [-0.15, -0.1) is 22.6 Å². The number of hydrogen-bond donors (Lipinski definition) is 4. The van der Waals surface area contributed by atoms with Crippen molar-refractivity contribution in [3.63, 3.8) is 0 Å². The highest BCUT2D eigenvalue weighted by molar-refractivity contribution is 6.17. The van der Waals surface area contributed by atoms with E-state index in [2.05, 4.69) is 49.7 Å². The number of aryl methyl sites for hydroxylation is 1. The summed E-state index contributed by atoms with van der Waals surface area (Å²) in [5.41, 5.74) is 17.6. The third-order valence-electron chi connectivity index (χ3n) is 9.91. The summed E-state index contributed by atoms with van der Waals surface area (Å²) in [6.07, 6.45) is 5.91. The number of aromatic amines is 1. The lowest BCUT2D eigenvalue weighted by Gasteiger charge is -2.32. The van der Waals surface area contributed by atoms with Crippen molar-refractivity contribution in [2.45, 2.75) is 65.3 Å². The number of rotatable bonds is 15. The van der Waals surface area contributed by atoms with Crippen LogP contribution in [0.3, 0.4) is 0 Å². The maximum Gasteiger partial charge on any atom is 0.269 e. The van der Waals surface area contributed by atoms with Crippen molar-refractivity contribution in [3.05, 3.63) is 77.6 Å². The number of hydrogen-bond acceptors (Lipinski definition) is 10. The van der Waals surface area contributed by atoms with Crippen LogP contribution in [0.1, 0.15) is 67.6 Å². The van der Waals surface area contributed by atoms with Gasteiger partial charge in [-0.1, -0.05) is 38.1 Å². The summed E-state index contributed by atoms with van der Waals surface area (Å²) >= 11 is 0. The van der Waals surface area contributed by atoms with Gasteiger partial charge in [0.2, 0.25) is 11.7 Å². The van der Waals surface area contributed by atoms with Gasteiger partial charge < -0.3 is 21.7 Å². The van der Waals surface area contributed by atoms with Gasteiger partial charge in [-0.2, -0.15) is 5.21 Å². The Bertz CT molecular complexity index is 1740. The Kier molecular flexibility index (Phi) is 14.9. The van der Waals surface area contributed by atoms with E-state index in [1.807, 2.05) is 31.2 Å². The summed E-state index contributed by atoms with van der Waals surface area (Å²) in [6.45, 7) is 10.4. The minimum absolute atomic E-state index is 0. The van der Waals surface area contributed by atoms with Crippen LogP contribution in [0, 0.1) is 18.8 Å². The lowest BCUT2D eigenvalue weighted by atomic mass is 9.81. The summed E-state index contributed by atoms with van der Waals surface area (Å²) in [6, 6.07) is 15.6. The molecular weight excluding hydrogens is 680 g/mol. The van der Waals surface area contributed by atoms with Crippen molar-refractivity contribution in [2.75, 3.05) is 37.6 Å². The third kappa shape index (κ3) is 10.1. The number of amides is 3. The standard InChI is InChI=1S/C38H50N10O3.ClH/c1-4-47(5-2)20-6-19-41-36(49)34-21-25(3)32(24-42-34)28-11-7-26(8-12-28)22-33(40)38(51)48(37(50)30-13-9-27(23-39)10-14-30)31-17-15-29(16-18-31)35-43-45-46-44-35;/h7-8,11-12,15-18,21,24,27,30,33H,4-6,9-10,13-14,19-20,22-23,39-40H2,1-3H3,(H,41,49)(H,43,44,45,46);1H/t27?,30?,33-;/m0./s1. The van der Waals surface area contributed by atoms with Crippen molar-refractivity contribution in [1.29, 1.82) is 0 Å². The number of anilines is 1. The quantitative estimate of drug-likeness (QED) is 0.128. The molecule has 2 aromatic heterocycles. The van der Waals surface area contributed by atoms with Crippen LogP contribution in [-0.2, 0) is 16.0 Å². The molecule has 1 fully saturated rings. The van der Waals surface area contributed by atoms with E-state index in [1.54, 1.807) is 36.5 Å². The van der Waals surface area contributed by atoms with E-state index >= 15 is 0 Å². The highest BCUT2D eigenvalue weighted by Gasteiger charge is 2.35. The maximum atomic E-state index is 14.0. The summed E-state index contributed by atoms with van der Waals surface area (Å²) in [4.78, 5) is 48.7. The Hall–Kier alpha value is -4.56. The normalized spacial score (nSPS) is 16.2. The number of H-pyrrole nitrogens is 1. The Morgan fingerprint density at radius 3 is 2.25 bits per heavy atom. The number of carbonyl (C=O) groups is 3. The van der Waals surface area contributed by atoms with Crippen LogP contribution in [0.15, 0.2) is 60.8 Å². The molecule has 0 saturated heterocycles. The zero-order valence-corrected chi connectivity index (χ0v) is 31.1. The third-order valence-corrected chi connectivity index (χ3v) is 9.91. The number of carbonyl (C=O) groups excluding carboxylic acids is 3. The van der Waals surface area contributed by atoms with Crippen LogP contribution in [0.25, 0.3) is 22.5 Å². The smallest absolute Gasteiger partial charge is 0.269 e. The minimum atomic E-state index is -0.953. The predicted molar refractivity (Wildman–Crippen MR) is 205 cm³/mol. The van der Waals surface area contributed by atoms with E-state index in [9.17, 15) is 14.4 Å². The molecule has 14 heteroatoms. The van der Waals surface area contributed by atoms with Gasteiger partial charge in [-0.3, -0.25) is 19.4 Å².